The Morgan fingerprint density at radius 3 is 2.45 bits per heavy atom. The lowest BCUT2D eigenvalue weighted by Crippen LogP contribution is -2.44. The highest BCUT2D eigenvalue weighted by atomic mass is 15.4. The average Bonchev–Trinajstić information content (AvgIpc) is 3.07. The molecule has 102 valence electrons. The Bertz CT molecular complexity index is 594. The van der Waals surface area contributed by atoms with Gasteiger partial charge in [-0.2, -0.15) is 0 Å². The van der Waals surface area contributed by atoms with E-state index in [1.54, 1.807) is 0 Å². The highest BCUT2D eigenvalue weighted by Crippen LogP contribution is 2.32. The Kier molecular flexibility index (Phi) is 2.70. The number of anilines is 1. The first-order valence-electron chi connectivity index (χ1n) is 7.15. The molecule has 2 fully saturated rings. The van der Waals surface area contributed by atoms with E-state index in [1.807, 2.05) is 30.6 Å². The number of rotatable bonds is 2. The van der Waals surface area contributed by atoms with Crippen LogP contribution in [0.15, 0.2) is 42.7 Å². The van der Waals surface area contributed by atoms with Gasteiger partial charge in [0.2, 0.25) is 0 Å². The lowest BCUT2D eigenvalue weighted by molar-refractivity contribution is 0.292. The number of hydrogen-bond donors (Lipinski definition) is 0. The van der Waals surface area contributed by atoms with Crippen LogP contribution in [0.25, 0.3) is 11.3 Å². The van der Waals surface area contributed by atoms with Gasteiger partial charge in [0.1, 0.15) is 5.82 Å². The van der Waals surface area contributed by atoms with Gasteiger partial charge >= 0.3 is 0 Å². The van der Waals surface area contributed by atoms with Crippen molar-refractivity contribution in [3.8, 4) is 11.3 Å². The molecule has 3 heterocycles. The topological polar surface area (TPSA) is 32.3 Å². The minimum Gasteiger partial charge on any atom is -0.349 e. The van der Waals surface area contributed by atoms with Gasteiger partial charge in [-0.1, -0.05) is 30.3 Å². The lowest BCUT2D eigenvalue weighted by Gasteiger charge is -2.32. The molecule has 1 aromatic carbocycles. The number of fused-ring (bicyclic) bond motifs is 2. The van der Waals surface area contributed by atoms with Crippen LogP contribution in [0.3, 0.4) is 0 Å². The quantitative estimate of drug-likeness (QED) is 0.832. The second-order valence-corrected chi connectivity index (χ2v) is 5.76. The fraction of sp³-hybridized carbons (Fsp3) is 0.375. The molecule has 2 aliphatic rings. The number of aromatic nitrogens is 2. The number of likely N-dealkylation sites (N-methyl/N-ethyl adjacent to an activating group) is 1. The normalized spacial score (nSPS) is 25.4. The molecule has 2 bridgehead atoms. The third-order valence-corrected chi connectivity index (χ3v) is 4.52. The third-order valence-electron chi connectivity index (χ3n) is 4.52. The summed E-state index contributed by atoms with van der Waals surface area (Å²) < 4.78 is 0. The smallest absolute Gasteiger partial charge is 0.147 e. The Morgan fingerprint density at radius 1 is 1.00 bits per heavy atom. The Labute approximate surface area is 119 Å². The van der Waals surface area contributed by atoms with E-state index >= 15 is 0 Å². The fourth-order valence-corrected chi connectivity index (χ4v) is 3.37. The highest BCUT2D eigenvalue weighted by molar-refractivity contribution is 5.58. The van der Waals surface area contributed by atoms with Gasteiger partial charge in [0, 0.05) is 30.7 Å². The molecule has 0 saturated carbocycles. The first-order valence-corrected chi connectivity index (χ1v) is 7.15. The van der Waals surface area contributed by atoms with Crippen molar-refractivity contribution in [2.75, 3.05) is 25.0 Å². The summed E-state index contributed by atoms with van der Waals surface area (Å²) in [6.45, 7) is 2.23. The summed E-state index contributed by atoms with van der Waals surface area (Å²) in [5, 5.41) is 0. The minimum atomic E-state index is 0.613. The molecule has 0 aliphatic carbocycles. The van der Waals surface area contributed by atoms with Crippen molar-refractivity contribution in [1.29, 1.82) is 0 Å². The second-order valence-electron chi connectivity index (χ2n) is 5.76. The minimum absolute atomic E-state index is 0.613. The predicted octanol–water partition coefficient (Wildman–Crippen LogP) is 2.04. The first kappa shape index (κ1) is 11.9. The van der Waals surface area contributed by atoms with E-state index in [0.29, 0.717) is 12.1 Å². The van der Waals surface area contributed by atoms with Crippen molar-refractivity contribution in [1.82, 2.24) is 14.9 Å². The van der Waals surface area contributed by atoms with Crippen molar-refractivity contribution in [2.24, 2.45) is 0 Å². The molecule has 1 aromatic heterocycles. The maximum absolute atomic E-state index is 4.63. The van der Waals surface area contributed by atoms with Crippen LogP contribution in [0.5, 0.6) is 0 Å². The third kappa shape index (κ3) is 1.88. The van der Waals surface area contributed by atoms with Gasteiger partial charge in [0.05, 0.1) is 18.1 Å². The maximum Gasteiger partial charge on any atom is 0.147 e. The van der Waals surface area contributed by atoms with Gasteiger partial charge in [-0.3, -0.25) is 9.88 Å². The summed E-state index contributed by atoms with van der Waals surface area (Å²) in [5.74, 6) is 1.02. The number of likely N-dealkylation sites (tertiary alicyclic amines) is 1. The molecule has 0 unspecified atom stereocenters. The predicted molar refractivity (Wildman–Crippen MR) is 79.6 cm³/mol. The van der Waals surface area contributed by atoms with Gasteiger partial charge in [-0.15, -0.1) is 0 Å². The molecular formula is C16H18N4. The van der Waals surface area contributed by atoms with Gasteiger partial charge in [0.15, 0.2) is 0 Å². The van der Waals surface area contributed by atoms with E-state index in [-0.39, 0.29) is 0 Å². The van der Waals surface area contributed by atoms with Gasteiger partial charge in [0.25, 0.3) is 0 Å². The molecule has 2 aromatic rings. The molecular weight excluding hydrogens is 248 g/mol. The molecule has 0 N–H and O–H groups in total. The molecule has 4 heteroatoms. The van der Waals surface area contributed by atoms with E-state index in [1.165, 1.54) is 6.42 Å². The van der Waals surface area contributed by atoms with Crippen LogP contribution in [0.2, 0.25) is 0 Å². The summed E-state index contributed by atoms with van der Waals surface area (Å²) in [6, 6.07) is 11.5. The maximum atomic E-state index is 4.63. The van der Waals surface area contributed by atoms with Crippen LogP contribution < -0.4 is 4.90 Å². The molecule has 2 aliphatic heterocycles. The van der Waals surface area contributed by atoms with E-state index in [2.05, 4.69) is 38.9 Å². The first-order chi connectivity index (χ1) is 9.81. The lowest BCUT2D eigenvalue weighted by atomic mass is 10.2. The SMILES string of the molecule is CN1C[C@@H]2C[C@H]1CN2c1cnc(-c2ccccc2)cn1. The zero-order valence-corrected chi connectivity index (χ0v) is 11.6. The average molecular weight is 266 g/mol. The monoisotopic (exact) mass is 266 g/mol. The molecule has 4 rings (SSSR count). The molecule has 0 radical (unpaired) electrons. The largest absolute Gasteiger partial charge is 0.349 e. The van der Waals surface area contributed by atoms with Gasteiger partial charge < -0.3 is 4.90 Å². The van der Waals surface area contributed by atoms with Crippen LogP contribution in [0.1, 0.15) is 6.42 Å². The van der Waals surface area contributed by atoms with Crippen molar-refractivity contribution in [3.63, 3.8) is 0 Å². The fourth-order valence-electron chi connectivity index (χ4n) is 3.37. The number of nitrogens with zero attached hydrogens (tertiary/aromatic N) is 4. The Morgan fingerprint density at radius 2 is 1.85 bits per heavy atom. The van der Waals surface area contributed by atoms with Crippen molar-refractivity contribution < 1.29 is 0 Å². The van der Waals surface area contributed by atoms with Crippen molar-refractivity contribution >= 4 is 5.82 Å². The Balaban J connectivity index is 1.57. The molecule has 0 amide bonds. The van der Waals surface area contributed by atoms with Crippen LogP contribution in [-0.4, -0.2) is 47.1 Å². The molecule has 0 spiro atoms. The zero-order chi connectivity index (χ0) is 13.5. The summed E-state index contributed by atoms with van der Waals surface area (Å²) in [4.78, 5) is 14.1. The van der Waals surface area contributed by atoms with E-state index < -0.39 is 0 Å². The van der Waals surface area contributed by atoms with E-state index in [4.69, 9.17) is 0 Å². The summed E-state index contributed by atoms with van der Waals surface area (Å²) in [7, 11) is 2.21. The zero-order valence-electron chi connectivity index (χ0n) is 11.6. The summed E-state index contributed by atoms with van der Waals surface area (Å²) in [6.07, 6.45) is 5.07. The van der Waals surface area contributed by atoms with Gasteiger partial charge in [-0.05, 0) is 13.5 Å². The van der Waals surface area contributed by atoms with Crippen molar-refractivity contribution in [2.45, 2.75) is 18.5 Å². The van der Waals surface area contributed by atoms with E-state index in [9.17, 15) is 0 Å². The number of piperazine rings is 1. The summed E-state index contributed by atoms with van der Waals surface area (Å²) >= 11 is 0. The number of hydrogen-bond acceptors (Lipinski definition) is 4. The Hall–Kier alpha value is -1.94. The number of benzene rings is 1. The summed E-state index contributed by atoms with van der Waals surface area (Å²) in [5.41, 5.74) is 2.06. The van der Waals surface area contributed by atoms with Crippen LogP contribution >= 0.6 is 0 Å². The van der Waals surface area contributed by atoms with Crippen LogP contribution in [0.4, 0.5) is 5.82 Å². The highest BCUT2D eigenvalue weighted by Gasteiger charge is 2.41. The van der Waals surface area contributed by atoms with Crippen LogP contribution in [-0.2, 0) is 0 Å². The molecule has 2 atom stereocenters. The van der Waals surface area contributed by atoms with Crippen LogP contribution in [0, 0.1) is 0 Å². The molecule has 2 saturated heterocycles. The standard InChI is InChI=1S/C16H18N4/c1-19-10-14-7-13(19)11-20(14)16-9-17-15(8-18-16)12-5-3-2-4-6-12/h2-6,8-9,13-14H,7,10-11H2,1H3/t13-,14-/m0/s1. The van der Waals surface area contributed by atoms with Gasteiger partial charge in [-0.25, -0.2) is 4.98 Å². The van der Waals surface area contributed by atoms with Crippen molar-refractivity contribution in [3.05, 3.63) is 42.7 Å². The van der Waals surface area contributed by atoms with E-state index in [0.717, 1.165) is 30.2 Å². The molecule has 20 heavy (non-hydrogen) atoms. The molecule has 4 nitrogen and oxygen atoms in total. The second kappa shape index (κ2) is 4.56.